The highest BCUT2D eigenvalue weighted by molar-refractivity contribution is 6.30. The summed E-state index contributed by atoms with van der Waals surface area (Å²) in [5.74, 6) is -0.355. The van der Waals surface area contributed by atoms with Crippen LogP contribution in [0.2, 0.25) is 5.02 Å². The SMILES string of the molecule is COCC1CN(C(=O)OC(C)(C)C)CC/C1=C/c1ccc(Cl)cc1F. The summed E-state index contributed by atoms with van der Waals surface area (Å²) < 4.78 is 24.8. The first-order chi connectivity index (χ1) is 11.7. The molecular formula is C19H25ClFNO3. The Balaban J connectivity index is 2.16. The van der Waals surface area contributed by atoms with Gasteiger partial charge in [-0.05, 0) is 39.3 Å². The lowest BCUT2D eigenvalue weighted by Gasteiger charge is -2.35. The van der Waals surface area contributed by atoms with E-state index < -0.39 is 5.60 Å². The standard InChI is InChI=1S/C19H25ClFNO3/c1-19(2,3)25-18(23)22-8-7-13(15(11-22)12-24-4)9-14-5-6-16(20)10-17(14)21/h5-6,9-10,15H,7-8,11-12H2,1-4H3/b13-9-. The van der Waals surface area contributed by atoms with Crippen molar-refractivity contribution in [2.45, 2.75) is 32.8 Å². The van der Waals surface area contributed by atoms with Crippen LogP contribution in [-0.4, -0.2) is 43.4 Å². The summed E-state index contributed by atoms with van der Waals surface area (Å²) in [5.41, 5.74) is 1.02. The molecule has 1 atom stereocenters. The molecule has 138 valence electrons. The molecule has 1 aromatic carbocycles. The third-order valence-corrected chi connectivity index (χ3v) is 4.19. The molecule has 2 rings (SSSR count). The maximum atomic E-state index is 14.1. The molecule has 1 saturated heterocycles. The highest BCUT2D eigenvalue weighted by Crippen LogP contribution is 2.28. The van der Waals surface area contributed by atoms with Gasteiger partial charge in [-0.25, -0.2) is 9.18 Å². The predicted molar refractivity (Wildman–Crippen MR) is 97.2 cm³/mol. The van der Waals surface area contributed by atoms with Crippen molar-refractivity contribution in [3.63, 3.8) is 0 Å². The maximum Gasteiger partial charge on any atom is 0.410 e. The normalized spacial score (nSPS) is 20.0. The van der Waals surface area contributed by atoms with Gasteiger partial charge in [-0.2, -0.15) is 0 Å². The summed E-state index contributed by atoms with van der Waals surface area (Å²) in [6.07, 6.45) is 2.15. The van der Waals surface area contributed by atoms with Crippen molar-refractivity contribution in [3.05, 3.63) is 40.2 Å². The van der Waals surface area contributed by atoms with Crippen molar-refractivity contribution in [3.8, 4) is 0 Å². The van der Waals surface area contributed by atoms with Crippen molar-refractivity contribution in [1.82, 2.24) is 4.90 Å². The van der Waals surface area contributed by atoms with Crippen LogP contribution in [0.5, 0.6) is 0 Å². The van der Waals surface area contributed by atoms with Crippen LogP contribution in [0.3, 0.4) is 0 Å². The number of carbonyl (C=O) groups is 1. The largest absolute Gasteiger partial charge is 0.444 e. The van der Waals surface area contributed by atoms with Crippen molar-refractivity contribution >= 4 is 23.8 Å². The molecule has 1 fully saturated rings. The smallest absolute Gasteiger partial charge is 0.410 e. The predicted octanol–water partition coefficient (Wildman–Crippen LogP) is 4.77. The molecule has 1 heterocycles. The molecule has 0 spiro atoms. The first-order valence-electron chi connectivity index (χ1n) is 8.32. The second-order valence-electron chi connectivity index (χ2n) is 7.21. The number of rotatable bonds is 3. The number of benzene rings is 1. The Bertz CT molecular complexity index is 655. The molecular weight excluding hydrogens is 345 g/mol. The molecule has 0 aliphatic carbocycles. The minimum absolute atomic E-state index is 0.00125. The lowest BCUT2D eigenvalue weighted by atomic mass is 9.90. The Kier molecular flexibility index (Phi) is 6.47. The van der Waals surface area contributed by atoms with E-state index in [0.29, 0.717) is 36.7 Å². The number of nitrogens with zero attached hydrogens (tertiary/aromatic N) is 1. The van der Waals surface area contributed by atoms with Crippen LogP contribution in [0.25, 0.3) is 6.08 Å². The van der Waals surface area contributed by atoms with E-state index in [1.165, 1.54) is 6.07 Å². The first kappa shape index (κ1) is 19.7. The fourth-order valence-electron chi connectivity index (χ4n) is 2.80. The highest BCUT2D eigenvalue weighted by atomic mass is 35.5. The number of hydrogen-bond acceptors (Lipinski definition) is 3. The summed E-state index contributed by atoms with van der Waals surface area (Å²) in [4.78, 5) is 14.0. The van der Waals surface area contributed by atoms with E-state index in [1.807, 2.05) is 26.8 Å². The zero-order valence-corrected chi connectivity index (χ0v) is 15.9. The van der Waals surface area contributed by atoms with Gasteiger partial charge in [-0.1, -0.05) is 29.3 Å². The Hall–Kier alpha value is -1.59. The number of halogens is 2. The number of ether oxygens (including phenoxy) is 2. The molecule has 25 heavy (non-hydrogen) atoms. The van der Waals surface area contributed by atoms with Gasteiger partial charge in [0.25, 0.3) is 0 Å². The third-order valence-electron chi connectivity index (χ3n) is 3.96. The summed E-state index contributed by atoms with van der Waals surface area (Å²) in [6, 6.07) is 4.63. The fraction of sp³-hybridized carbons (Fsp3) is 0.526. The molecule has 4 nitrogen and oxygen atoms in total. The van der Waals surface area contributed by atoms with Crippen molar-refractivity contribution in [2.24, 2.45) is 5.92 Å². The van der Waals surface area contributed by atoms with Gasteiger partial charge in [-0.3, -0.25) is 0 Å². The van der Waals surface area contributed by atoms with Gasteiger partial charge in [0.1, 0.15) is 11.4 Å². The maximum absolute atomic E-state index is 14.1. The Morgan fingerprint density at radius 1 is 1.44 bits per heavy atom. The van der Waals surface area contributed by atoms with Crippen LogP contribution in [0.4, 0.5) is 9.18 Å². The zero-order chi connectivity index (χ0) is 18.6. The van der Waals surface area contributed by atoms with Crippen LogP contribution >= 0.6 is 11.6 Å². The highest BCUT2D eigenvalue weighted by Gasteiger charge is 2.30. The second-order valence-corrected chi connectivity index (χ2v) is 7.65. The van der Waals surface area contributed by atoms with Gasteiger partial charge in [-0.15, -0.1) is 0 Å². The van der Waals surface area contributed by atoms with Gasteiger partial charge in [0.05, 0.1) is 6.61 Å². The molecule has 1 aromatic rings. The van der Waals surface area contributed by atoms with E-state index in [0.717, 1.165) is 5.57 Å². The molecule has 0 radical (unpaired) electrons. The molecule has 0 bridgehead atoms. The lowest BCUT2D eigenvalue weighted by Crippen LogP contribution is -2.44. The Morgan fingerprint density at radius 2 is 2.16 bits per heavy atom. The Labute approximate surface area is 153 Å². The van der Waals surface area contributed by atoms with Crippen molar-refractivity contribution in [2.75, 3.05) is 26.8 Å². The number of hydrogen-bond donors (Lipinski definition) is 0. The molecule has 1 aliphatic heterocycles. The van der Waals surface area contributed by atoms with E-state index >= 15 is 0 Å². The lowest BCUT2D eigenvalue weighted by molar-refractivity contribution is 0.0168. The summed E-state index contributed by atoms with van der Waals surface area (Å²) >= 11 is 5.81. The van der Waals surface area contributed by atoms with Crippen molar-refractivity contribution < 1.29 is 18.7 Å². The number of amides is 1. The van der Waals surface area contributed by atoms with E-state index in [2.05, 4.69) is 0 Å². The average molecular weight is 370 g/mol. The van der Waals surface area contributed by atoms with Crippen LogP contribution in [0.1, 0.15) is 32.8 Å². The van der Waals surface area contributed by atoms with E-state index in [4.69, 9.17) is 21.1 Å². The monoisotopic (exact) mass is 369 g/mol. The van der Waals surface area contributed by atoms with Crippen molar-refractivity contribution in [1.29, 1.82) is 0 Å². The van der Waals surface area contributed by atoms with Crippen LogP contribution in [-0.2, 0) is 9.47 Å². The minimum atomic E-state index is -0.531. The number of methoxy groups -OCH3 is 1. The summed E-state index contributed by atoms with van der Waals surface area (Å²) in [7, 11) is 1.62. The van der Waals surface area contributed by atoms with Crippen LogP contribution in [0.15, 0.2) is 23.8 Å². The average Bonchev–Trinajstić information content (AvgIpc) is 2.50. The molecule has 1 unspecified atom stereocenters. The van der Waals surface area contributed by atoms with Crippen LogP contribution < -0.4 is 0 Å². The Morgan fingerprint density at radius 3 is 2.76 bits per heavy atom. The van der Waals surface area contributed by atoms with Gasteiger partial charge in [0.15, 0.2) is 0 Å². The van der Waals surface area contributed by atoms with Gasteiger partial charge in [0.2, 0.25) is 0 Å². The first-order valence-corrected chi connectivity index (χ1v) is 8.70. The summed E-state index contributed by atoms with van der Waals surface area (Å²) in [5, 5.41) is 0.368. The molecule has 1 amide bonds. The van der Waals surface area contributed by atoms with E-state index in [9.17, 15) is 9.18 Å². The van der Waals surface area contributed by atoms with Gasteiger partial charge < -0.3 is 14.4 Å². The molecule has 6 heteroatoms. The topological polar surface area (TPSA) is 38.8 Å². The fourth-order valence-corrected chi connectivity index (χ4v) is 2.96. The number of piperidine rings is 1. The quantitative estimate of drug-likeness (QED) is 0.770. The van der Waals surface area contributed by atoms with Gasteiger partial charge in [0, 0.05) is 36.7 Å². The molecule has 0 saturated carbocycles. The van der Waals surface area contributed by atoms with Gasteiger partial charge >= 0.3 is 6.09 Å². The summed E-state index contributed by atoms with van der Waals surface area (Å²) in [6.45, 7) is 7.02. The molecule has 0 aromatic heterocycles. The number of carbonyl (C=O) groups excluding carboxylic acids is 1. The van der Waals surface area contributed by atoms with E-state index in [-0.39, 0.29) is 17.8 Å². The molecule has 1 aliphatic rings. The second kappa shape index (κ2) is 8.19. The zero-order valence-electron chi connectivity index (χ0n) is 15.1. The van der Waals surface area contributed by atoms with Crippen LogP contribution in [0, 0.1) is 11.7 Å². The third kappa shape index (κ3) is 5.72. The minimum Gasteiger partial charge on any atom is -0.444 e. The van der Waals surface area contributed by atoms with E-state index in [1.54, 1.807) is 24.1 Å². The number of likely N-dealkylation sites (tertiary alicyclic amines) is 1. The molecule has 0 N–H and O–H groups in total.